The van der Waals surface area contributed by atoms with Gasteiger partial charge in [-0.25, -0.2) is 0 Å². The van der Waals surface area contributed by atoms with Crippen molar-refractivity contribution in [2.75, 3.05) is 39.3 Å². The highest BCUT2D eigenvalue weighted by Gasteiger charge is 2.68. The molecule has 1 aliphatic carbocycles. The van der Waals surface area contributed by atoms with E-state index in [2.05, 4.69) is 37.5 Å². The molecule has 1 aliphatic heterocycles. The van der Waals surface area contributed by atoms with E-state index >= 15 is 0 Å². The summed E-state index contributed by atoms with van der Waals surface area (Å²) in [5.41, 5.74) is 5.84. The molecule has 0 spiro atoms. The predicted octanol–water partition coefficient (Wildman–Crippen LogP) is 1.16. The van der Waals surface area contributed by atoms with Crippen molar-refractivity contribution >= 4 is 5.91 Å². The van der Waals surface area contributed by atoms with Crippen LogP contribution in [0.15, 0.2) is 0 Å². The van der Waals surface area contributed by atoms with Crippen LogP contribution in [0.1, 0.15) is 34.1 Å². The first-order valence-corrected chi connectivity index (χ1v) is 7.53. The number of hydrogen-bond donors (Lipinski definition) is 1. The largest absolute Gasteiger partial charge is 0.340 e. The maximum absolute atomic E-state index is 12.6. The molecule has 2 fully saturated rings. The Kier molecular flexibility index (Phi) is 3.94. The number of amides is 1. The van der Waals surface area contributed by atoms with Crippen LogP contribution >= 0.6 is 0 Å². The van der Waals surface area contributed by atoms with E-state index in [1.807, 2.05) is 0 Å². The summed E-state index contributed by atoms with van der Waals surface area (Å²) in [5, 5.41) is 0. The van der Waals surface area contributed by atoms with E-state index in [9.17, 15) is 4.79 Å². The van der Waals surface area contributed by atoms with Crippen molar-refractivity contribution in [2.24, 2.45) is 22.5 Å². The number of hydrogen-bond acceptors (Lipinski definition) is 3. The fourth-order valence-electron chi connectivity index (χ4n) is 3.50. The van der Waals surface area contributed by atoms with Gasteiger partial charge in [0.15, 0.2) is 0 Å². The molecule has 0 radical (unpaired) electrons. The van der Waals surface area contributed by atoms with E-state index < -0.39 is 0 Å². The van der Waals surface area contributed by atoms with Gasteiger partial charge in [-0.3, -0.25) is 9.69 Å². The third-order valence-corrected chi connectivity index (χ3v) is 5.63. The summed E-state index contributed by atoms with van der Waals surface area (Å²) in [4.78, 5) is 17.1. The molecule has 2 rings (SSSR count). The van der Waals surface area contributed by atoms with E-state index in [0.717, 1.165) is 45.7 Å². The molecule has 1 saturated carbocycles. The topological polar surface area (TPSA) is 49.6 Å². The Bertz CT molecular complexity index is 329. The van der Waals surface area contributed by atoms with E-state index in [-0.39, 0.29) is 16.7 Å². The lowest BCUT2D eigenvalue weighted by molar-refractivity contribution is -0.135. The van der Waals surface area contributed by atoms with Gasteiger partial charge in [0, 0.05) is 32.1 Å². The highest BCUT2D eigenvalue weighted by molar-refractivity contribution is 5.84. The average Bonchev–Trinajstić information content (AvgIpc) is 2.77. The fourth-order valence-corrected chi connectivity index (χ4v) is 3.50. The van der Waals surface area contributed by atoms with E-state index in [0.29, 0.717) is 5.91 Å². The Labute approximate surface area is 117 Å². The molecule has 0 unspecified atom stereocenters. The van der Waals surface area contributed by atoms with Crippen molar-refractivity contribution < 1.29 is 4.79 Å². The molecular weight excluding hydrogens is 238 g/mol. The summed E-state index contributed by atoms with van der Waals surface area (Å²) in [6.45, 7) is 14.4. The van der Waals surface area contributed by atoms with Crippen molar-refractivity contribution in [3.05, 3.63) is 0 Å². The summed E-state index contributed by atoms with van der Waals surface area (Å²) in [6, 6.07) is 0. The number of carbonyl (C=O) groups is 1. The van der Waals surface area contributed by atoms with Crippen LogP contribution in [0.2, 0.25) is 0 Å². The molecule has 4 heteroatoms. The molecule has 110 valence electrons. The number of rotatable bonds is 4. The second-order valence-corrected chi connectivity index (χ2v) is 7.19. The summed E-state index contributed by atoms with van der Waals surface area (Å²) >= 11 is 0. The lowest BCUT2D eigenvalue weighted by Gasteiger charge is -2.35. The van der Waals surface area contributed by atoms with Crippen molar-refractivity contribution in [2.45, 2.75) is 34.1 Å². The molecule has 1 amide bonds. The highest BCUT2D eigenvalue weighted by atomic mass is 16.2. The summed E-state index contributed by atoms with van der Waals surface area (Å²) in [7, 11) is 0. The van der Waals surface area contributed by atoms with E-state index in [1.54, 1.807) is 0 Å². The van der Waals surface area contributed by atoms with Crippen molar-refractivity contribution in [1.82, 2.24) is 9.80 Å². The Balaban J connectivity index is 1.84. The van der Waals surface area contributed by atoms with Crippen LogP contribution in [-0.4, -0.2) is 55.0 Å². The van der Waals surface area contributed by atoms with Crippen LogP contribution in [-0.2, 0) is 4.79 Å². The molecule has 2 aliphatic rings. The van der Waals surface area contributed by atoms with Gasteiger partial charge in [-0.15, -0.1) is 0 Å². The normalized spacial score (nSPS) is 26.5. The quantitative estimate of drug-likeness (QED) is 0.831. The molecule has 19 heavy (non-hydrogen) atoms. The summed E-state index contributed by atoms with van der Waals surface area (Å²) in [6.07, 6.45) is 1.05. The van der Waals surface area contributed by atoms with Gasteiger partial charge in [-0.2, -0.15) is 0 Å². The molecular formula is C15H29N3O. The van der Waals surface area contributed by atoms with Gasteiger partial charge < -0.3 is 10.6 Å². The van der Waals surface area contributed by atoms with Crippen molar-refractivity contribution in [3.63, 3.8) is 0 Å². The van der Waals surface area contributed by atoms with Crippen LogP contribution in [0.4, 0.5) is 0 Å². The van der Waals surface area contributed by atoms with Gasteiger partial charge in [-0.1, -0.05) is 27.7 Å². The Morgan fingerprint density at radius 2 is 1.63 bits per heavy atom. The minimum atomic E-state index is 0.154. The number of carbonyl (C=O) groups excluding carboxylic acids is 1. The highest BCUT2D eigenvalue weighted by Crippen LogP contribution is 2.68. The zero-order valence-corrected chi connectivity index (χ0v) is 12.9. The molecule has 0 aromatic heterocycles. The second kappa shape index (κ2) is 5.06. The zero-order valence-electron chi connectivity index (χ0n) is 12.9. The summed E-state index contributed by atoms with van der Waals surface area (Å²) < 4.78 is 0. The van der Waals surface area contributed by atoms with Gasteiger partial charge in [0.05, 0.1) is 0 Å². The molecule has 0 aromatic carbocycles. The average molecular weight is 267 g/mol. The van der Waals surface area contributed by atoms with Crippen molar-refractivity contribution in [3.8, 4) is 0 Å². The standard InChI is InChI=1S/C15H29N3O/c1-14(2)12(15(14,3)4)13(19)18-10-8-17(9-11-18)7-5-6-16/h12H,5-11,16H2,1-4H3. The van der Waals surface area contributed by atoms with Gasteiger partial charge in [0.25, 0.3) is 0 Å². The maximum Gasteiger partial charge on any atom is 0.226 e. The third-order valence-electron chi connectivity index (χ3n) is 5.63. The van der Waals surface area contributed by atoms with Crippen LogP contribution in [0, 0.1) is 16.7 Å². The van der Waals surface area contributed by atoms with E-state index in [1.165, 1.54) is 0 Å². The lowest BCUT2D eigenvalue weighted by Crippen LogP contribution is -2.50. The Morgan fingerprint density at radius 1 is 1.11 bits per heavy atom. The van der Waals surface area contributed by atoms with Crippen LogP contribution in [0.3, 0.4) is 0 Å². The molecule has 2 N–H and O–H groups in total. The molecule has 0 atom stereocenters. The van der Waals surface area contributed by atoms with Gasteiger partial charge in [-0.05, 0) is 30.3 Å². The monoisotopic (exact) mass is 267 g/mol. The maximum atomic E-state index is 12.6. The third kappa shape index (κ3) is 2.52. The molecule has 1 saturated heterocycles. The number of nitrogens with two attached hydrogens (primary N) is 1. The van der Waals surface area contributed by atoms with Crippen LogP contribution in [0.5, 0.6) is 0 Å². The summed E-state index contributed by atoms with van der Waals surface area (Å²) in [5.74, 6) is 0.573. The number of nitrogens with zero attached hydrogens (tertiary/aromatic N) is 2. The smallest absolute Gasteiger partial charge is 0.226 e. The van der Waals surface area contributed by atoms with E-state index in [4.69, 9.17) is 5.73 Å². The number of piperazine rings is 1. The Morgan fingerprint density at radius 3 is 2.05 bits per heavy atom. The van der Waals surface area contributed by atoms with Gasteiger partial charge >= 0.3 is 0 Å². The fraction of sp³-hybridized carbons (Fsp3) is 0.933. The van der Waals surface area contributed by atoms with Gasteiger partial charge in [0.2, 0.25) is 5.91 Å². The molecule has 0 bridgehead atoms. The first-order valence-electron chi connectivity index (χ1n) is 7.53. The lowest BCUT2D eigenvalue weighted by atomic mass is 10.0. The van der Waals surface area contributed by atoms with Crippen LogP contribution < -0.4 is 5.73 Å². The van der Waals surface area contributed by atoms with Gasteiger partial charge in [0.1, 0.15) is 0 Å². The van der Waals surface area contributed by atoms with Crippen molar-refractivity contribution in [1.29, 1.82) is 0 Å². The minimum Gasteiger partial charge on any atom is -0.340 e. The second-order valence-electron chi connectivity index (χ2n) is 7.19. The molecule has 0 aromatic rings. The molecule has 1 heterocycles. The first-order chi connectivity index (χ1) is 8.82. The molecule has 4 nitrogen and oxygen atoms in total. The predicted molar refractivity (Wildman–Crippen MR) is 77.7 cm³/mol. The first kappa shape index (κ1) is 14.8. The zero-order chi connectivity index (χ0) is 14.3. The minimum absolute atomic E-state index is 0.154. The Hall–Kier alpha value is -0.610. The SMILES string of the molecule is CC1(C)C(C(=O)N2CCN(CCCN)CC2)C1(C)C. The van der Waals surface area contributed by atoms with Crippen LogP contribution in [0.25, 0.3) is 0 Å².